The minimum Gasteiger partial charge on any atom is -0.497 e. The minimum atomic E-state index is 0.0163. The topological polar surface area (TPSA) is 74.0 Å². The van der Waals surface area contributed by atoms with Crippen molar-refractivity contribution in [2.24, 2.45) is 0 Å². The van der Waals surface area contributed by atoms with E-state index in [1.54, 1.807) is 7.11 Å². The quantitative estimate of drug-likeness (QED) is 0.715. The van der Waals surface area contributed by atoms with E-state index in [9.17, 15) is 4.79 Å². The van der Waals surface area contributed by atoms with Gasteiger partial charge >= 0.3 is 0 Å². The molecule has 3 aromatic rings. The fourth-order valence-electron chi connectivity index (χ4n) is 3.72. The van der Waals surface area contributed by atoms with E-state index in [0.29, 0.717) is 13.0 Å². The molecule has 4 rings (SSSR count). The number of rotatable bonds is 6. The maximum absolute atomic E-state index is 12.5. The molecular formula is C21H25N5O2. The molecule has 1 aromatic carbocycles. The van der Waals surface area contributed by atoms with Crippen LogP contribution in [0.2, 0.25) is 0 Å². The number of hydrogen-bond acceptors (Lipinski definition) is 4. The number of methoxy groups -OCH3 is 1. The molecule has 0 fully saturated rings. The maximum Gasteiger partial charge on any atom is 0.222 e. The lowest BCUT2D eigenvalue weighted by molar-refractivity contribution is -0.122. The molecule has 0 spiro atoms. The second-order valence-electron chi connectivity index (χ2n) is 7.14. The van der Waals surface area contributed by atoms with Gasteiger partial charge in [0, 0.05) is 30.4 Å². The molecule has 1 atom stereocenters. The van der Waals surface area contributed by atoms with Crippen LogP contribution in [0.1, 0.15) is 42.3 Å². The van der Waals surface area contributed by atoms with Crippen LogP contribution in [-0.4, -0.2) is 32.6 Å². The molecule has 2 heterocycles. The molecule has 2 aromatic heterocycles. The normalized spacial score (nSPS) is 15.9. The van der Waals surface area contributed by atoms with E-state index in [1.165, 1.54) is 5.69 Å². The molecule has 7 heteroatoms. The zero-order chi connectivity index (χ0) is 19.5. The zero-order valence-corrected chi connectivity index (χ0v) is 16.3. The van der Waals surface area contributed by atoms with Gasteiger partial charge in [-0.25, -0.2) is 4.68 Å². The number of nitrogens with one attached hydrogen (secondary N) is 1. The second kappa shape index (κ2) is 7.88. The Balaban J connectivity index is 1.45. The van der Waals surface area contributed by atoms with E-state index in [4.69, 9.17) is 4.74 Å². The number of ether oxygens (including phenoxy) is 1. The molecule has 0 saturated carbocycles. The molecule has 0 radical (unpaired) electrons. The molecular weight excluding hydrogens is 354 g/mol. The average Bonchev–Trinajstić information content (AvgIpc) is 3.33. The number of aromatic nitrogens is 4. The number of carbonyl (C=O) groups is 1. The van der Waals surface area contributed by atoms with Crippen molar-refractivity contribution in [3.05, 3.63) is 59.7 Å². The van der Waals surface area contributed by atoms with Gasteiger partial charge in [-0.2, -0.15) is 10.2 Å². The Bertz CT molecular complexity index is 958. The molecule has 0 unspecified atom stereocenters. The van der Waals surface area contributed by atoms with Crippen LogP contribution < -0.4 is 10.1 Å². The van der Waals surface area contributed by atoms with Gasteiger partial charge in [0.05, 0.1) is 30.7 Å². The predicted octanol–water partition coefficient (Wildman–Crippen LogP) is 2.97. The number of carbonyl (C=O) groups excluding carboxylic acids is 1. The van der Waals surface area contributed by atoms with Crippen LogP contribution >= 0.6 is 0 Å². The van der Waals surface area contributed by atoms with Crippen molar-refractivity contribution in [3.63, 3.8) is 0 Å². The highest BCUT2D eigenvalue weighted by molar-refractivity contribution is 5.76. The predicted molar refractivity (Wildman–Crippen MR) is 106 cm³/mol. The van der Waals surface area contributed by atoms with Crippen molar-refractivity contribution in [1.82, 2.24) is 24.9 Å². The molecule has 1 N–H and O–H groups in total. The summed E-state index contributed by atoms with van der Waals surface area (Å²) in [7, 11) is 1.66. The van der Waals surface area contributed by atoms with Crippen LogP contribution in [0.4, 0.5) is 0 Å². The highest BCUT2D eigenvalue weighted by atomic mass is 16.5. The van der Waals surface area contributed by atoms with Gasteiger partial charge in [0.1, 0.15) is 5.75 Å². The van der Waals surface area contributed by atoms with Crippen LogP contribution in [-0.2, 0) is 17.8 Å². The Morgan fingerprint density at radius 3 is 2.82 bits per heavy atom. The first-order valence-electron chi connectivity index (χ1n) is 9.64. The number of fused-ring (bicyclic) bond motifs is 1. The third-order valence-electron chi connectivity index (χ3n) is 5.18. The van der Waals surface area contributed by atoms with E-state index < -0.39 is 0 Å². The third kappa shape index (κ3) is 3.78. The van der Waals surface area contributed by atoms with Crippen molar-refractivity contribution in [1.29, 1.82) is 0 Å². The van der Waals surface area contributed by atoms with Gasteiger partial charge in [-0.15, -0.1) is 0 Å². The molecule has 0 saturated heterocycles. The van der Waals surface area contributed by atoms with E-state index in [1.807, 2.05) is 59.0 Å². The SMILES string of the molecule is COc1ccc(-n2ncc3c2CCC[C@H]3NC(=O)CCn2ccc(C)n2)cc1. The van der Waals surface area contributed by atoms with Gasteiger partial charge in [0.2, 0.25) is 5.91 Å². The summed E-state index contributed by atoms with van der Waals surface area (Å²) in [6.07, 6.45) is 7.13. The number of aryl methyl sites for hydroxylation is 2. The number of amides is 1. The van der Waals surface area contributed by atoms with Crippen LogP contribution in [0, 0.1) is 6.92 Å². The van der Waals surface area contributed by atoms with Crippen molar-refractivity contribution < 1.29 is 9.53 Å². The van der Waals surface area contributed by atoms with Gasteiger partial charge in [-0.1, -0.05) is 0 Å². The van der Waals surface area contributed by atoms with E-state index in [-0.39, 0.29) is 11.9 Å². The number of nitrogens with zero attached hydrogens (tertiary/aromatic N) is 4. The summed E-state index contributed by atoms with van der Waals surface area (Å²) in [4.78, 5) is 12.5. The van der Waals surface area contributed by atoms with Crippen molar-refractivity contribution in [2.45, 2.75) is 45.2 Å². The summed E-state index contributed by atoms with van der Waals surface area (Å²) in [6.45, 7) is 2.53. The lowest BCUT2D eigenvalue weighted by Crippen LogP contribution is -2.31. The standard InChI is InChI=1S/C21H25N5O2/c1-15-10-12-25(24-15)13-11-21(27)23-19-4-3-5-20-18(19)14-22-26(20)16-6-8-17(28-2)9-7-16/h6-10,12,14,19H,3-5,11,13H2,1-2H3,(H,23,27)/t19-/m1/s1. The fourth-order valence-corrected chi connectivity index (χ4v) is 3.72. The van der Waals surface area contributed by atoms with Gasteiger partial charge in [-0.05, 0) is 56.5 Å². The first kappa shape index (κ1) is 18.3. The third-order valence-corrected chi connectivity index (χ3v) is 5.18. The summed E-state index contributed by atoms with van der Waals surface area (Å²) in [5, 5.41) is 12.1. The number of hydrogen-bond donors (Lipinski definition) is 1. The summed E-state index contributed by atoms with van der Waals surface area (Å²) >= 11 is 0. The van der Waals surface area contributed by atoms with Crippen molar-refractivity contribution in [3.8, 4) is 11.4 Å². The van der Waals surface area contributed by atoms with Crippen molar-refractivity contribution in [2.75, 3.05) is 7.11 Å². The Kier molecular flexibility index (Phi) is 5.14. The molecule has 0 aliphatic heterocycles. The summed E-state index contributed by atoms with van der Waals surface area (Å²) in [5.74, 6) is 0.866. The average molecular weight is 379 g/mol. The smallest absolute Gasteiger partial charge is 0.222 e. The molecule has 1 aliphatic rings. The van der Waals surface area contributed by atoms with Gasteiger partial charge < -0.3 is 10.1 Å². The first-order chi connectivity index (χ1) is 13.6. The Hall–Kier alpha value is -3.09. The second-order valence-corrected chi connectivity index (χ2v) is 7.14. The lowest BCUT2D eigenvalue weighted by Gasteiger charge is -2.24. The summed E-state index contributed by atoms with van der Waals surface area (Å²) in [5.41, 5.74) is 4.25. The monoisotopic (exact) mass is 379 g/mol. The molecule has 7 nitrogen and oxygen atoms in total. The molecule has 1 amide bonds. The molecule has 0 bridgehead atoms. The first-order valence-corrected chi connectivity index (χ1v) is 9.64. The van der Waals surface area contributed by atoms with Crippen LogP contribution in [0.5, 0.6) is 5.75 Å². The lowest BCUT2D eigenvalue weighted by atomic mass is 9.92. The van der Waals surface area contributed by atoms with Crippen molar-refractivity contribution >= 4 is 5.91 Å². The minimum absolute atomic E-state index is 0.0163. The Morgan fingerprint density at radius 1 is 1.29 bits per heavy atom. The molecule has 146 valence electrons. The molecule has 28 heavy (non-hydrogen) atoms. The fraction of sp³-hybridized carbons (Fsp3) is 0.381. The highest BCUT2D eigenvalue weighted by Crippen LogP contribution is 2.31. The largest absolute Gasteiger partial charge is 0.497 e. The molecule has 1 aliphatic carbocycles. The Morgan fingerprint density at radius 2 is 2.11 bits per heavy atom. The Labute approximate surface area is 164 Å². The van der Waals surface area contributed by atoms with Gasteiger partial charge in [-0.3, -0.25) is 9.48 Å². The van der Waals surface area contributed by atoms with Crippen LogP contribution in [0.3, 0.4) is 0 Å². The summed E-state index contributed by atoms with van der Waals surface area (Å²) in [6, 6.07) is 9.83. The van der Waals surface area contributed by atoms with Gasteiger partial charge in [0.25, 0.3) is 0 Å². The van der Waals surface area contributed by atoms with E-state index in [2.05, 4.69) is 15.5 Å². The zero-order valence-electron chi connectivity index (χ0n) is 16.3. The summed E-state index contributed by atoms with van der Waals surface area (Å²) < 4.78 is 9.01. The van der Waals surface area contributed by atoms with E-state index in [0.717, 1.165) is 42.0 Å². The maximum atomic E-state index is 12.5. The van der Waals surface area contributed by atoms with Crippen LogP contribution in [0.15, 0.2) is 42.7 Å². The number of benzene rings is 1. The van der Waals surface area contributed by atoms with E-state index >= 15 is 0 Å². The van der Waals surface area contributed by atoms with Crippen LogP contribution in [0.25, 0.3) is 5.69 Å². The van der Waals surface area contributed by atoms with Gasteiger partial charge in [0.15, 0.2) is 0 Å². The highest BCUT2D eigenvalue weighted by Gasteiger charge is 2.26.